The largest absolute Gasteiger partial charge is 0.496 e. The van der Waals surface area contributed by atoms with Gasteiger partial charge in [-0.2, -0.15) is 0 Å². The molecular formula is C12H13BrN2O2. The lowest BCUT2D eigenvalue weighted by Crippen LogP contribution is -1.95. The number of nitrogen functional groups attached to an aromatic ring is 1. The molecule has 2 aromatic rings. The van der Waals surface area contributed by atoms with Crippen molar-refractivity contribution in [1.29, 1.82) is 0 Å². The average Bonchev–Trinajstić information content (AvgIpc) is 2.72. The van der Waals surface area contributed by atoms with Crippen molar-refractivity contribution in [2.75, 3.05) is 12.8 Å². The van der Waals surface area contributed by atoms with Gasteiger partial charge < -0.3 is 15.0 Å². The Hall–Kier alpha value is -1.49. The Balaban J connectivity index is 2.74. The maximum atomic E-state index is 5.74. The Morgan fingerprint density at radius 2 is 2.06 bits per heavy atom. The van der Waals surface area contributed by atoms with E-state index in [0.717, 1.165) is 32.5 Å². The average molecular weight is 297 g/mol. The van der Waals surface area contributed by atoms with Crippen LogP contribution in [0.3, 0.4) is 0 Å². The first kappa shape index (κ1) is 12.0. The summed E-state index contributed by atoms with van der Waals surface area (Å²) in [5.74, 6) is 1.07. The Labute approximate surface area is 108 Å². The first-order chi connectivity index (χ1) is 8.06. The van der Waals surface area contributed by atoms with E-state index in [-0.39, 0.29) is 0 Å². The summed E-state index contributed by atoms with van der Waals surface area (Å²) in [6.45, 7) is 4.01. The first-order valence-corrected chi connectivity index (χ1v) is 5.89. The van der Waals surface area contributed by atoms with Gasteiger partial charge in [-0.25, -0.2) is 0 Å². The fraction of sp³-hybridized carbons (Fsp3) is 0.250. The topological polar surface area (TPSA) is 61.3 Å². The molecule has 0 fully saturated rings. The van der Waals surface area contributed by atoms with Gasteiger partial charge in [-0.05, 0) is 25.5 Å². The minimum atomic E-state index is 0.296. The van der Waals surface area contributed by atoms with Gasteiger partial charge in [0.25, 0.3) is 0 Å². The quantitative estimate of drug-likeness (QED) is 0.923. The summed E-state index contributed by atoms with van der Waals surface area (Å²) in [6, 6.07) is 2.00. The molecule has 17 heavy (non-hydrogen) atoms. The molecule has 2 N–H and O–H groups in total. The number of benzene rings is 1. The van der Waals surface area contributed by atoms with E-state index in [4.69, 9.17) is 15.0 Å². The van der Waals surface area contributed by atoms with Crippen LogP contribution >= 0.6 is 15.9 Å². The van der Waals surface area contributed by atoms with Crippen LogP contribution in [0.25, 0.3) is 11.1 Å². The third-order valence-electron chi connectivity index (χ3n) is 2.71. The molecule has 1 heterocycles. The maximum Gasteiger partial charge on any atom is 0.230 e. The molecule has 0 aliphatic heterocycles. The molecule has 0 aliphatic rings. The van der Waals surface area contributed by atoms with Crippen LogP contribution in [-0.2, 0) is 0 Å². The van der Waals surface area contributed by atoms with Gasteiger partial charge in [0.1, 0.15) is 5.75 Å². The minimum Gasteiger partial charge on any atom is -0.496 e. The number of rotatable bonds is 2. The van der Waals surface area contributed by atoms with Crippen LogP contribution in [0, 0.1) is 13.8 Å². The van der Waals surface area contributed by atoms with Crippen molar-refractivity contribution in [3.63, 3.8) is 0 Å². The number of nitrogens with zero attached hydrogens (tertiary/aromatic N) is 1. The predicted molar refractivity (Wildman–Crippen MR) is 70.1 cm³/mol. The van der Waals surface area contributed by atoms with Gasteiger partial charge in [-0.3, -0.25) is 0 Å². The number of hydrogen-bond acceptors (Lipinski definition) is 4. The third kappa shape index (κ3) is 1.91. The van der Waals surface area contributed by atoms with Gasteiger partial charge in [-0.15, -0.1) is 0 Å². The summed E-state index contributed by atoms with van der Waals surface area (Å²) < 4.78 is 11.4. The van der Waals surface area contributed by atoms with Crippen LogP contribution in [-0.4, -0.2) is 12.3 Å². The Bertz CT molecular complexity index is 564. The smallest absolute Gasteiger partial charge is 0.230 e. The molecule has 0 spiro atoms. The molecule has 0 radical (unpaired) electrons. The number of halogens is 1. The molecule has 0 amide bonds. The van der Waals surface area contributed by atoms with Crippen LogP contribution in [0.1, 0.15) is 11.1 Å². The number of methoxy groups -OCH3 is 1. The van der Waals surface area contributed by atoms with Gasteiger partial charge in [-0.1, -0.05) is 21.1 Å². The normalized spacial score (nSPS) is 10.6. The fourth-order valence-corrected chi connectivity index (χ4v) is 2.15. The second kappa shape index (κ2) is 4.41. The van der Waals surface area contributed by atoms with Gasteiger partial charge in [0.05, 0.1) is 18.9 Å². The van der Waals surface area contributed by atoms with Crippen LogP contribution in [0.5, 0.6) is 5.75 Å². The molecule has 1 aromatic carbocycles. The van der Waals surface area contributed by atoms with Crippen molar-refractivity contribution in [1.82, 2.24) is 5.16 Å². The standard InChI is InChI=1S/C12H13BrN2O2/c1-6-4-8(9-5-15-17-12(9)14)11(16-3)7(2)10(6)13/h4-5H,14H2,1-3H3. The van der Waals surface area contributed by atoms with E-state index in [1.54, 1.807) is 13.3 Å². The van der Waals surface area contributed by atoms with Crippen LogP contribution in [0.2, 0.25) is 0 Å². The molecule has 90 valence electrons. The summed E-state index contributed by atoms with van der Waals surface area (Å²) in [4.78, 5) is 0. The van der Waals surface area contributed by atoms with E-state index < -0.39 is 0 Å². The maximum absolute atomic E-state index is 5.74. The molecule has 1 aromatic heterocycles. The lowest BCUT2D eigenvalue weighted by molar-refractivity contribution is 0.412. The summed E-state index contributed by atoms with van der Waals surface area (Å²) in [6.07, 6.45) is 1.60. The Kier molecular flexibility index (Phi) is 3.11. The van der Waals surface area contributed by atoms with Crippen molar-refractivity contribution in [2.24, 2.45) is 0 Å². The molecule has 2 rings (SSSR count). The number of ether oxygens (including phenoxy) is 1. The zero-order valence-electron chi connectivity index (χ0n) is 9.87. The van der Waals surface area contributed by atoms with Crippen molar-refractivity contribution in [3.8, 4) is 16.9 Å². The van der Waals surface area contributed by atoms with Crippen molar-refractivity contribution < 1.29 is 9.26 Å². The Morgan fingerprint density at radius 3 is 2.59 bits per heavy atom. The number of nitrogens with two attached hydrogens (primary N) is 1. The highest BCUT2D eigenvalue weighted by Crippen LogP contribution is 2.40. The van der Waals surface area contributed by atoms with E-state index >= 15 is 0 Å². The monoisotopic (exact) mass is 296 g/mol. The highest BCUT2D eigenvalue weighted by molar-refractivity contribution is 9.10. The highest BCUT2D eigenvalue weighted by Gasteiger charge is 2.17. The third-order valence-corrected chi connectivity index (χ3v) is 3.93. The Morgan fingerprint density at radius 1 is 1.35 bits per heavy atom. The molecule has 0 saturated carbocycles. The van der Waals surface area contributed by atoms with Gasteiger partial charge in [0.2, 0.25) is 5.88 Å². The SMILES string of the molecule is COc1c(-c2cnoc2N)cc(C)c(Br)c1C. The molecule has 0 unspecified atom stereocenters. The lowest BCUT2D eigenvalue weighted by Gasteiger charge is -2.14. The molecule has 0 saturated heterocycles. The summed E-state index contributed by atoms with van der Waals surface area (Å²) >= 11 is 3.54. The zero-order valence-corrected chi connectivity index (χ0v) is 11.5. The molecule has 5 heteroatoms. The van der Waals surface area contributed by atoms with E-state index in [9.17, 15) is 0 Å². The van der Waals surface area contributed by atoms with Crippen LogP contribution in [0.4, 0.5) is 5.88 Å². The molecule has 4 nitrogen and oxygen atoms in total. The predicted octanol–water partition coefficient (Wildman–Crippen LogP) is 3.31. The van der Waals surface area contributed by atoms with Crippen LogP contribution in [0.15, 0.2) is 21.3 Å². The lowest BCUT2D eigenvalue weighted by atomic mass is 10.0. The van der Waals surface area contributed by atoms with Gasteiger partial charge in [0.15, 0.2) is 0 Å². The molecule has 0 bridgehead atoms. The number of hydrogen-bond donors (Lipinski definition) is 1. The van der Waals surface area contributed by atoms with Crippen molar-refractivity contribution in [2.45, 2.75) is 13.8 Å². The number of aromatic nitrogens is 1. The van der Waals surface area contributed by atoms with Gasteiger partial charge in [0, 0.05) is 15.6 Å². The van der Waals surface area contributed by atoms with E-state index in [2.05, 4.69) is 21.1 Å². The van der Waals surface area contributed by atoms with Gasteiger partial charge >= 0.3 is 0 Å². The second-order valence-electron chi connectivity index (χ2n) is 3.82. The fourth-order valence-electron chi connectivity index (χ4n) is 1.86. The van der Waals surface area contributed by atoms with E-state index in [1.165, 1.54) is 0 Å². The molecular weight excluding hydrogens is 284 g/mol. The summed E-state index contributed by atoms with van der Waals surface area (Å²) in [5.41, 5.74) is 9.52. The van der Waals surface area contributed by atoms with Crippen molar-refractivity contribution >= 4 is 21.8 Å². The van der Waals surface area contributed by atoms with E-state index in [1.807, 2.05) is 19.9 Å². The van der Waals surface area contributed by atoms with Crippen molar-refractivity contribution in [3.05, 3.63) is 27.9 Å². The van der Waals surface area contributed by atoms with Crippen LogP contribution < -0.4 is 10.5 Å². The zero-order chi connectivity index (χ0) is 12.6. The summed E-state index contributed by atoms with van der Waals surface area (Å²) in [5, 5.41) is 3.69. The molecule has 0 atom stereocenters. The summed E-state index contributed by atoms with van der Waals surface area (Å²) in [7, 11) is 1.64. The second-order valence-corrected chi connectivity index (χ2v) is 4.61. The molecule has 0 aliphatic carbocycles. The van der Waals surface area contributed by atoms with E-state index in [0.29, 0.717) is 5.88 Å². The first-order valence-electron chi connectivity index (χ1n) is 5.10. The number of anilines is 1. The number of aryl methyl sites for hydroxylation is 1. The minimum absolute atomic E-state index is 0.296. The highest BCUT2D eigenvalue weighted by atomic mass is 79.9.